The zero-order valence-electron chi connectivity index (χ0n) is 9.10. The number of hydrogen-bond donors (Lipinski definition) is 1. The number of rotatable bonds is 1. The minimum absolute atomic E-state index is 0.0609. The van der Waals surface area contributed by atoms with Crippen molar-refractivity contribution >= 4 is 27.3 Å². The highest BCUT2D eigenvalue weighted by atomic mass is 79.9. The summed E-state index contributed by atoms with van der Waals surface area (Å²) < 4.78 is 7.14. The molecule has 3 rings (SSSR count). The normalized spacial score (nSPS) is 22.9. The molecule has 0 fully saturated rings. The molecular formula is C13H12BrNOS. The lowest BCUT2D eigenvalue weighted by atomic mass is 9.97. The van der Waals surface area contributed by atoms with Crippen LogP contribution in [0.4, 0.5) is 0 Å². The van der Waals surface area contributed by atoms with Gasteiger partial charge in [-0.05, 0) is 34.1 Å². The maximum atomic E-state index is 6.19. The fourth-order valence-electron chi connectivity index (χ4n) is 2.13. The molecule has 0 spiro atoms. The van der Waals surface area contributed by atoms with E-state index in [9.17, 15) is 0 Å². The van der Waals surface area contributed by atoms with Gasteiger partial charge in [0.2, 0.25) is 0 Å². The minimum atomic E-state index is 0.0609. The van der Waals surface area contributed by atoms with Gasteiger partial charge in [0.05, 0.1) is 3.79 Å². The summed E-state index contributed by atoms with van der Waals surface area (Å²) in [5.74, 6) is 0.917. The van der Waals surface area contributed by atoms with Crippen molar-refractivity contribution in [1.82, 2.24) is 0 Å². The molecule has 1 aromatic heterocycles. The molecule has 1 aliphatic heterocycles. The van der Waals surface area contributed by atoms with E-state index >= 15 is 0 Å². The van der Waals surface area contributed by atoms with Crippen LogP contribution in [0.15, 0.2) is 40.2 Å². The number of fused-ring (bicyclic) bond motifs is 1. The fourth-order valence-corrected chi connectivity index (χ4v) is 3.59. The van der Waals surface area contributed by atoms with E-state index in [2.05, 4.69) is 28.1 Å². The molecule has 0 saturated heterocycles. The van der Waals surface area contributed by atoms with E-state index in [1.54, 1.807) is 11.3 Å². The molecule has 17 heavy (non-hydrogen) atoms. The van der Waals surface area contributed by atoms with E-state index in [-0.39, 0.29) is 12.1 Å². The smallest absolute Gasteiger partial charge is 0.135 e. The van der Waals surface area contributed by atoms with Gasteiger partial charge in [-0.2, -0.15) is 0 Å². The zero-order chi connectivity index (χ0) is 11.8. The summed E-state index contributed by atoms with van der Waals surface area (Å²) in [5.41, 5.74) is 7.30. The van der Waals surface area contributed by atoms with Crippen LogP contribution < -0.4 is 10.5 Å². The maximum absolute atomic E-state index is 6.19. The topological polar surface area (TPSA) is 35.2 Å². The van der Waals surface area contributed by atoms with Crippen molar-refractivity contribution < 1.29 is 4.74 Å². The first-order valence-electron chi connectivity index (χ1n) is 5.50. The third-order valence-corrected chi connectivity index (χ3v) is 4.68. The molecule has 0 saturated carbocycles. The minimum Gasteiger partial charge on any atom is -0.484 e. The van der Waals surface area contributed by atoms with Crippen molar-refractivity contribution in [3.05, 3.63) is 50.6 Å². The summed E-state index contributed by atoms with van der Waals surface area (Å²) >= 11 is 5.18. The van der Waals surface area contributed by atoms with E-state index in [1.807, 2.05) is 24.3 Å². The summed E-state index contributed by atoms with van der Waals surface area (Å²) in [7, 11) is 0. The van der Waals surface area contributed by atoms with Crippen molar-refractivity contribution in [3.63, 3.8) is 0 Å². The van der Waals surface area contributed by atoms with Crippen LogP contribution >= 0.6 is 27.3 Å². The average Bonchev–Trinajstić information content (AvgIpc) is 2.76. The summed E-state index contributed by atoms with van der Waals surface area (Å²) in [6.07, 6.45) is 0.917. The first-order valence-corrected chi connectivity index (χ1v) is 7.11. The average molecular weight is 310 g/mol. The first-order chi connectivity index (χ1) is 8.24. The Labute approximate surface area is 113 Å². The number of nitrogens with two attached hydrogens (primary N) is 1. The Balaban J connectivity index is 1.93. The van der Waals surface area contributed by atoms with Crippen molar-refractivity contribution in [2.75, 3.05) is 0 Å². The van der Waals surface area contributed by atoms with Crippen molar-refractivity contribution in [2.24, 2.45) is 5.73 Å². The number of thiophene rings is 1. The maximum Gasteiger partial charge on any atom is 0.135 e. The Bertz CT molecular complexity index is 540. The van der Waals surface area contributed by atoms with Gasteiger partial charge in [-0.15, -0.1) is 11.3 Å². The van der Waals surface area contributed by atoms with Crippen molar-refractivity contribution in [2.45, 2.75) is 18.6 Å². The molecule has 2 N–H and O–H groups in total. The van der Waals surface area contributed by atoms with E-state index in [0.29, 0.717) is 0 Å². The summed E-state index contributed by atoms with van der Waals surface area (Å²) in [5, 5.41) is 0. The van der Waals surface area contributed by atoms with Crippen molar-refractivity contribution in [1.29, 1.82) is 0 Å². The molecule has 88 valence electrons. The molecule has 1 aromatic carbocycles. The van der Waals surface area contributed by atoms with Gasteiger partial charge in [0.15, 0.2) is 0 Å². The second-order valence-electron chi connectivity index (χ2n) is 4.13. The second-order valence-corrected chi connectivity index (χ2v) is 6.62. The summed E-state index contributed by atoms with van der Waals surface area (Å²) in [4.78, 5) is 1.22. The molecule has 2 nitrogen and oxygen atoms in total. The molecule has 0 bridgehead atoms. The summed E-state index contributed by atoms with van der Waals surface area (Å²) in [6, 6.07) is 12.2. The molecule has 4 heteroatoms. The SMILES string of the molecule is N[C@@H]1CC(c2ccc(Br)s2)Oc2ccccc21. The van der Waals surface area contributed by atoms with Crippen LogP contribution in [-0.2, 0) is 0 Å². The van der Waals surface area contributed by atoms with Gasteiger partial charge in [-0.25, -0.2) is 0 Å². The predicted molar refractivity (Wildman–Crippen MR) is 73.4 cm³/mol. The molecular weight excluding hydrogens is 298 g/mol. The standard InChI is InChI=1S/C13H12BrNOS/c14-13-6-5-12(17-13)11-7-9(15)8-3-1-2-4-10(8)16-11/h1-6,9,11H,7,15H2/t9-,11?/m1/s1. The number of benzene rings is 1. The van der Waals surface area contributed by atoms with E-state index in [4.69, 9.17) is 10.5 Å². The second kappa shape index (κ2) is 4.44. The quantitative estimate of drug-likeness (QED) is 0.863. The molecule has 0 radical (unpaired) electrons. The lowest BCUT2D eigenvalue weighted by Gasteiger charge is -2.29. The van der Waals surface area contributed by atoms with E-state index in [1.165, 1.54) is 4.88 Å². The molecule has 2 aromatic rings. The Morgan fingerprint density at radius 2 is 2.06 bits per heavy atom. The van der Waals surface area contributed by atoms with Crippen LogP contribution in [0.3, 0.4) is 0 Å². The van der Waals surface area contributed by atoms with Gasteiger partial charge in [0, 0.05) is 22.9 Å². The lowest BCUT2D eigenvalue weighted by molar-refractivity contribution is 0.165. The zero-order valence-corrected chi connectivity index (χ0v) is 11.5. The van der Waals surface area contributed by atoms with Crippen molar-refractivity contribution in [3.8, 4) is 5.75 Å². The van der Waals surface area contributed by atoms with Gasteiger partial charge in [0.25, 0.3) is 0 Å². The number of halogens is 1. The van der Waals surface area contributed by atoms with Crippen LogP contribution in [0, 0.1) is 0 Å². The van der Waals surface area contributed by atoms with Gasteiger partial charge in [0.1, 0.15) is 11.9 Å². The molecule has 2 heterocycles. The highest BCUT2D eigenvalue weighted by Crippen LogP contribution is 2.41. The van der Waals surface area contributed by atoms with Gasteiger partial charge >= 0.3 is 0 Å². The first kappa shape index (κ1) is 11.3. The molecule has 0 aliphatic carbocycles. The van der Waals surface area contributed by atoms with Crippen LogP contribution in [0.25, 0.3) is 0 Å². The molecule has 2 atom stereocenters. The fraction of sp³-hybridized carbons (Fsp3) is 0.231. The van der Waals surface area contributed by atoms with Gasteiger partial charge in [-0.3, -0.25) is 0 Å². The third kappa shape index (κ3) is 2.12. The molecule has 0 amide bonds. The third-order valence-electron chi connectivity index (χ3n) is 2.97. The largest absolute Gasteiger partial charge is 0.484 e. The Hall–Kier alpha value is -0.840. The van der Waals surface area contributed by atoms with Gasteiger partial charge < -0.3 is 10.5 Å². The Kier molecular flexibility index (Phi) is 2.94. The van der Waals surface area contributed by atoms with Gasteiger partial charge in [-0.1, -0.05) is 18.2 Å². The lowest BCUT2D eigenvalue weighted by Crippen LogP contribution is -2.23. The molecule has 1 aliphatic rings. The van der Waals surface area contributed by atoms with Crippen LogP contribution in [0.5, 0.6) is 5.75 Å². The van der Waals surface area contributed by atoms with Crippen LogP contribution in [-0.4, -0.2) is 0 Å². The highest BCUT2D eigenvalue weighted by Gasteiger charge is 2.27. The Morgan fingerprint density at radius 3 is 2.82 bits per heavy atom. The highest BCUT2D eigenvalue weighted by molar-refractivity contribution is 9.11. The van der Waals surface area contributed by atoms with E-state index < -0.39 is 0 Å². The van der Waals surface area contributed by atoms with Crippen LogP contribution in [0.2, 0.25) is 0 Å². The Morgan fingerprint density at radius 1 is 1.24 bits per heavy atom. The monoisotopic (exact) mass is 309 g/mol. The van der Waals surface area contributed by atoms with E-state index in [0.717, 1.165) is 21.5 Å². The molecule has 1 unspecified atom stereocenters. The number of ether oxygens (including phenoxy) is 1. The number of hydrogen-bond acceptors (Lipinski definition) is 3. The van der Waals surface area contributed by atoms with Crippen LogP contribution in [0.1, 0.15) is 29.0 Å². The number of para-hydroxylation sites is 1. The summed E-state index contributed by atoms with van der Waals surface area (Å²) in [6.45, 7) is 0. The predicted octanol–water partition coefficient (Wildman–Crippen LogP) is 4.03.